The minimum absolute atomic E-state index is 0.0966. The second-order valence-corrected chi connectivity index (χ2v) is 4.45. The van der Waals surface area contributed by atoms with Gasteiger partial charge in [-0.25, -0.2) is 0 Å². The lowest BCUT2D eigenvalue weighted by atomic mass is 10.1. The van der Waals surface area contributed by atoms with Gasteiger partial charge >= 0.3 is 0 Å². The van der Waals surface area contributed by atoms with E-state index in [1.54, 1.807) is 0 Å². The summed E-state index contributed by atoms with van der Waals surface area (Å²) in [6, 6.07) is 2.08. The molecule has 0 saturated carbocycles. The number of hydrogen-bond donors (Lipinski definition) is 2. The van der Waals surface area contributed by atoms with Crippen molar-refractivity contribution >= 4 is 5.84 Å². The summed E-state index contributed by atoms with van der Waals surface area (Å²) in [6.45, 7) is 5.57. The third-order valence-corrected chi connectivity index (χ3v) is 2.65. The van der Waals surface area contributed by atoms with Crippen LogP contribution in [-0.4, -0.2) is 34.1 Å². The summed E-state index contributed by atoms with van der Waals surface area (Å²) in [7, 11) is 3.98. The highest BCUT2D eigenvalue weighted by molar-refractivity contribution is 5.79. The summed E-state index contributed by atoms with van der Waals surface area (Å²) < 4.78 is 1.89. The van der Waals surface area contributed by atoms with Gasteiger partial charge in [0.1, 0.15) is 0 Å². The molecule has 0 aliphatic carbocycles. The topological polar surface area (TPSA) is 70.9 Å². The second kappa shape index (κ2) is 5.12. The number of aromatic nitrogens is 2. The molecule has 5 nitrogen and oxygen atoms in total. The number of nitrogens with one attached hydrogen (secondary N) is 1. The van der Waals surface area contributed by atoms with Gasteiger partial charge in [-0.15, -0.1) is 0 Å². The zero-order chi connectivity index (χ0) is 12.3. The molecule has 90 valence electrons. The molecule has 0 bridgehead atoms. The summed E-state index contributed by atoms with van der Waals surface area (Å²) >= 11 is 0. The van der Waals surface area contributed by atoms with Crippen molar-refractivity contribution in [1.29, 1.82) is 5.41 Å². The van der Waals surface area contributed by atoms with Crippen LogP contribution in [0.1, 0.15) is 18.3 Å². The highest BCUT2D eigenvalue weighted by atomic mass is 15.3. The van der Waals surface area contributed by atoms with Gasteiger partial charge in [-0.3, -0.25) is 15.0 Å². The Balaban J connectivity index is 2.54. The van der Waals surface area contributed by atoms with Crippen LogP contribution in [0.3, 0.4) is 0 Å². The fourth-order valence-corrected chi connectivity index (χ4v) is 1.72. The van der Waals surface area contributed by atoms with Gasteiger partial charge in [0.25, 0.3) is 0 Å². The fourth-order valence-electron chi connectivity index (χ4n) is 1.72. The molecule has 1 aromatic heterocycles. The Labute approximate surface area is 96.7 Å². The predicted octanol–water partition coefficient (Wildman–Crippen LogP) is 0.732. The van der Waals surface area contributed by atoms with Crippen LogP contribution in [0, 0.1) is 18.3 Å². The van der Waals surface area contributed by atoms with Gasteiger partial charge in [-0.2, -0.15) is 5.10 Å². The lowest BCUT2D eigenvalue weighted by Gasteiger charge is -2.20. The third kappa shape index (κ3) is 3.34. The van der Waals surface area contributed by atoms with Crippen molar-refractivity contribution in [1.82, 2.24) is 14.7 Å². The number of nitrogens with zero attached hydrogens (tertiary/aromatic N) is 3. The summed E-state index contributed by atoms with van der Waals surface area (Å²) in [6.07, 6.45) is 0. The lowest BCUT2D eigenvalue weighted by Crippen LogP contribution is -2.32. The highest BCUT2D eigenvalue weighted by Crippen LogP contribution is 2.06. The Morgan fingerprint density at radius 2 is 2.31 bits per heavy atom. The van der Waals surface area contributed by atoms with Crippen LogP contribution in [0.4, 0.5) is 0 Å². The monoisotopic (exact) mass is 223 g/mol. The first-order valence-electron chi connectivity index (χ1n) is 5.42. The Morgan fingerprint density at radius 3 is 2.75 bits per heavy atom. The van der Waals surface area contributed by atoms with Crippen molar-refractivity contribution in [2.45, 2.75) is 20.4 Å². The summed E-state index contributed by atoms with van der Waals surface area (Å²) in [5.74, 6) is 0.340. The van der Waals surface area contributed by atoms with E-state index in [4.69, 9.17) is 11.1 Å². The number of amidine groups is 1. The summed E-state index contributed by atoms with van der Waals surface area (Å²) in [5, 5.41) is 11.7. The second-order valence-electron chi connectivity index (χ2n) is 4.45. The van der Waals surface area contributed by atoms with Crippen LogP contribution in [0.2, 0.25) is 0 Å². The SMILES string of the molecule is Cc1cc(CN(C)CC(C)C(=N)N)n(C)n1. The third-order valence-electron chi connectivity index (χ3n) is 2.65. The van der Waals surface area contributed by atoms with Crippen LogP contribution in [-0.2, 0) is 13.6 Å². The first-order chi connectivity index (χ1) is 7.40. The Hall–Kier alpha value is -1.36. The maximum absolute atomic E-state index is 7.35. The minimum Gasteiger partial charge on any atom is -0.387 e. The molecule has 0 spiro atoms. The van der Waals surface area contributed by atoms with Gasteiger partial charge in [0.05, 0.1) is 17.2 Å². The van der Waals surface area contributed by atoms with E-state index in [0.29, 0.717) is 0 Å². The smallest absolute Gasteiger partial charge is 0.0947 e. The van der Waals surface area contributed by atoms with Crippen LogP contribution >= 0.6 is 0 Å². The zero-order valence-corrected chi connectivity index (χ0v) is 10.5. The highest BCUT2D eigenvalue weighted by Gasteiger charge is 2.11. The van der Waals surface area contributed by atoms with E-state index in [0.717, 1.165) is 18.8 Å². The largest absolute Gasteiger partial charge is 0.387 e. The molecule has 1 aromatic rings. The van der Waals surface area contributed by atoms with E-state index in [-0.39, 0.29) is 11.8 Å². The van der Waals surface area contributed by atoms with Crippen molar-refractivity contribution in [3.05, 3.63) is 17.5 Å². The number of hydrogen-bond acceptors (Lipinski definition) is 3. The Kier molecular flexibility index (Phi) is 4.06. The Morgan fingerprint density at radius 1 is 1.69 bits per heavy atom. The van der Waals surface area contributed by atoms with E-state index in [2.05, 4.69) is 16.1 Å². The maximum atomic E-state index is 7.35. The molecule has 1 atom stereocenters. The molecule has 1 heterocycles. The van der Waals surface area contributed by atoms with E-state index in [1.165, 1.54) is 5.69 Å². The molecular formula is C11H21N5. The molecule has 16 heavy (non-hydrogen) atoms. The fraction of sp³-hybridized carbons (Fsp3) is 0.636. The van der Waals surface area contributed by atoms with Crippen molar-refractivity contribution in [2.24, 2.45) is 18.7 Å². The summed E-state index contributed by atoms with van der Waals surface area (Å²) in [5.41, 5.74) is 7.66. The molecule has 0 aliphatic heterocycles. The zero-order valence-electron chi connectivity index (χ0n) is 10.5. The van der Waals surface area contributed by atoms with Crippen LogP contribution in [0.25, 0.3) is 0 Å². The molecule has 1 rings (SSSR count). The van der Waals surface area contributed by atoms with Crippen LogP contribution in [0.5, 0.6) is 0 Å². The molecule has 0 radical (unpaired) electrons. The normalized spacial score (nSPS) is 13.1. The van der Waals surface area contributed by atoms with E-state index < -0.39 is 0 Å². The van der Waals surface area contributed by atoms with Crippen molar-refractivity contribution in [3.8, 4) is 0 Å². The first kappa shape index (κ1) is 12.7. The van der Waals surface area contributed by atoms with Gasteiger partial charge in [-0.05, 0) is 20.0 Å². The molecule has 1 unspecified atom stereocenters. The van der Waals surface area contributed by atoms with E-state index in [9.17, 15) is 0 Å². The molecule has 0 aromatic carbocycles. The average Bonchev–Trinajstić information content (AvgIpc) is 2.44. The Bertz CT molecular complexity index is 368. The number of rotatable bonds is 5. The van der Waals surface area contributed by atoms with Gasteiger partial charge in [0.2, 0.25) is 0 Å². The van der Waals surface area contributed by atoms with Gasteiger partial charge < -0.3 is 5.73 Å². The van der Waals surface area contributed by atoms with Crippen LogP contribution in [0.15, 0.2) is 6.07 Å². The average molecular weight is 223 g/mol. The summed E-state index contributed by atoms with van der Waals surface area (Å²) in [4.78, 5) is 2.16. The van der Waals surface area contributed by atoms with Crippen molar-refractivity contribution in [2.75, 3.05) is 13.6 Å². The molecule has 0 amide bonds. The number of nitrogens with two attached hydrogens (primary N) is 1. The maximum Gasteiger partial charge on any atom is 0.0947 e. The number of aryl methyl sites for hydroxylation is 2. The van der Waals surface area contributed by atoms with E-state index in [1.807, 2.05) is 32.6 Å². The molecule has 5 heteroatoms. The molecule has 3 N–H and O–H groups in total. The van der Waals surface area contributed by atoms with Crippen molar-refractivity contribution in [3.63, 3.8) is 0 Å². The van der Waals surface area contributed by atoms with Gasteiger partial charge in [-0.1, -0.05) is 6.92 Å². The minimum atomic E-state index is 0.0966. The standard InChI is InChI=1S/C11H21N5/c1-8(11(12)13)6-15(3)7-10-5-9(2)14-16(10)4/h5,8H,6-7H2,1-4H3,(H3,12,13). The van der Waals surface area contributed by atoms with Crippen LogP contribution < -0.4 is 5.73 Å². The van der Waals surface area contributed by atoms with Crippen molar-refractivity contribution < 1.29 is 0 Å². The van der Waals surface area contributed by atoms with Gasteiger partial charge in [0, 0.05) is 26.1 Å². The molecule has 0 saturated heterocycles. The predicted molar refractivity (Wildman–Crippen MR) is 65.4 cm³/mol. The first-order valence-corrected chi connectivity index (χ1v) is 5.42. The molecular weight excluding hydrogens is 202 g/mol. The molecule has 0 aliphatic rings. The quantitative estimate of drug-likeness (QED) is 0.571. The van der Waals surface area contributed by atoms with E-state index >= 15 is 0 Å². The molecule has 0 fully saturated rings. The van der Waals surface area contributed by atoms with Gasteiger partial charge in [0.15, 0.2) is 0 Å². The lowest BCUT2D eigenvalue weighted by molar-refractivity contribution is 0.298.